The second-order valence-electron chi connectivity index (χ2n) is 10.5. The van der Waals surface area contributed by atoms with Crippen molar-refractivity contribution in [3.8, 4) is 11.5 Å². The van der Waals surface area contributed by atoms with Crippen molar-refractivity contribution in [2.24, 2.45) is 5.73 Å². The van der Waals surface area contributed by atoms with Crippen LogP contribution in [-0.2, 0) is 26.6 Å². The summed E-state index contributed by atoms with van der Waals surface area (Å²) in [4.78, 5) is 17.2. The maximum Gasteiger partial charge on any atom is 0.247 e. The number of benzene rings is 2. The van der Waals surface area contributed by atoms with Crippen molar-refractivity contribution in [1.82, 2.24) is 10.2 Å². The summed E-state index contributed by atoms with van der Waals surface area (Å²) in [7, 11) is -3.78. The summed E-state index contributed by atoms with van der Waals surface area (Å²) >= 11 is 0. The molecule has 0 bridgehead atoms. The quantitative estimate of drug-likeness (QED) is 0.568. The van der Waals surface area contributed by atoms with Crippen LogP contribution in [0.3, 0.4) is 0 Å². The van der Waals surface area contributed by atoms with Crippen molar-refractivity contribution in [3.63, 3.8) is 0 Å². The molecule has 0 aliphatic carbocycles. The number of anilines is 2. The lowest BCUT2D eigenvalue weighted by atomic mass is 9.97. The van der Waals surface area contributed by atoms with Crippen LogP contribution in [0, 0.1) is 0 Å². The summed E-state index contributed by atoms with van der Waals surface area (Å²) in [5, 5.41) is 8.29. The number of nitrogens with zero attached hydrogens (tertiary/aromatic N) is 4. The minimum absolute atomic E-state index is 0.0665. The number of hydrogen-bond donors (Lipinski definition) is 1. The Balaban J connectivity index is 1.54. The molecule has 1 saturated heterocycles. The standard InChI is InChI=1S/C26H31N5O4S/c1-26(2,3)25-29-28-23(35-25)18-8-11-22-21(14-18)31(24(32)20(27)16-36(22,33)34)15-17-6-9-19(10-7-17)30-12-4-5-13-30/h6-11,14,20H,4-5,12-13,15-16,27H2,1-3H3/t20-/m0/s1. The van der Waals surface area contributed by atoms with Gasteiger partial charge in [0.25, 0.3) is 0 Å². The molecule has 0 saturated carbocycles. The summed E-state index contributed by atoms with van der Waals surface area (Å²) in [5.41, 5.74) is 8.55. The smallest absolute Gasteiger partial charge is 0.247 e. The molecule has 3 heterocycles. The predicted octanol–water partition coefficient (Wildman–Crippen LogP) is 3.28. The van der Waals surface area contributed by atoms with E-state index in [-0.39, 0.29) is 28.4 Å². The van der Waals surface area contributed by atoms with Crippen LogP contribution >= 0.6 is 0 Å². The number of fused-ring (bicyclic) bond motifs is 1. The number of carbonyl (C=O) groups excluding carboxylic acids is 1. The third-order valence-electron chi connectivity index (χ3n) is 6.63. The van der Waals surface area contributed by atoms with Gasteiger partial charge in [0.2, 0.25) is 17.7 Å². The number of carbonyl (C=O) groups is 1. The average Bonchev–Trinajstić information content (AvgIpc) is 3.53. The SMILES string of the molecule is CC(C)(C)c1nnc(-c2ccc3c(c2)N(Cc2ccc(N4CCCC4)cc2)C(=O)[C@@H](N)CS3(=O)=O)o1. The lowest BCUT2D eigenvalue weighted by molar-refractivity contribution is -0.119. The first-order chi connectivity index (χ1) is 17.0. The van der Waals surface area contributed by atoms with Crippen LogP contribution in [0.25, 0.3) is 11.5 Å². The minimum atomic E-state index is -3.78. The molecule has 2 aliphatic rings. The van der Waals surface area contributed by atoms with Crippen LogP contribution in [0.5, 0.6) is 0 Å². The van der Waals surface area contributed by atoms with E-state index in [2.05, 4.69) is 15.1 Å². The maximum atomic E-state index is 13.3. The third kappa shape index (κ3) is 4.62. The van der Waals surface area contributed by atoms with Gasteiger partial charge in [0.15, 0.2) is 9.84 Å². The van der Waals surface area contributed by atoms with E-state index in [1.54, 1.807) is 12.1 Å². The van der Waals surface area contributed by atoms with Crippen LogP contribution in [-0.4, -0.2) is 49.4 Å². The van der Waals surface area contributed by atoms with E-state index in [1.807, 2.05) is 45.0 Å². The number of amides is 1. The number of aromatic nitrogens is 2. The fraction of sp³-hybridized carbons (Fsp3) is 0.423. The molecule has 2 N–H and O–H groups in total. The van der Waals surface area contributed by atoms with Crippen molar-refractivity contribution in [2.45, 2.75) is 56.5 Å². The van der Waals surface area contributed by atoms with Gasteiger partial charge in [0.05, 0.1) is 28.9 Å². The van der Waals surface area contributed by atoms with E-state index in [0.717, 1.165) is 24.3 Å². The number of rotatable bonds is 4. The highest BCUT2D eigenvalue weighted by Gasteiger charge is 2.36. The van der Waals surface area contributed by atoms with Crippen LogP contribution in [0.4, 0.5) is 11.4 Å². The zero-order valence-corrected chi connectivity index (χ0v) is 21.6. The Hall–Kier alpha value is -3.24. The van der Waals surface area contributed by atoms with Gasteiger partial charge in [-0.15, -0.1) is 10.2 Å². The van der Waals surface area contributed by atoms with E-state index >= 15 is 0 Å². The Morgan fingerprint density at radius 3 is 2.39 bits per heavy atom. The van der Waals surface area contributed by atoms with Gasteiger partial charge in [0, 0.05) is 29.8 Å². The molecule has 0 radical (unpaired) electrons. The van der Waals surface area contributed by atoms with Gasteiger partial charge >= 0.3 is 0 Å². The molecule has 190 valence electrons. The Morgan fingerprint density at radius 2 is 1.75 bits per heavy atom. The molecule has 3 aromatic rings. The van der Waals surface area contributed by atoms with Crippen LogP contribution < -0.4 is 15.5 Å². The maximum absolute atomic E-state index is 13.3. The topological polar surface area (TPSA) is 123 Å². The van der Waals surface area contributed by atoms with Crippen molar-refractivity contribution in [1.29, 1.82) is 0 Å². The summed E-state index contributed by atoms with van der Waals surface area (Å²) in [5.74, 6) is -0.166. The predicted molar refractivity (Wildman–Crippen MR) is 138 cm³/mol. The van der Waals surface area contributed by atoms with E-state index in [1.165, 1.54) is 23.8 Å². The second kappa shape index (κ2) is 9.01. The Morgan fingerprint density at radius 1 is 1.06 bits per heavy atom. The molecule has 0 unspecified atom stereocenters. The second-order valence-corrected chi connectivity index (χ2v) is 12.5. The Kier molecular flexibility index (Phi) is 6.12. The molecule has 2 aliphatic heterocycles. The van der Waals surface area contributed by atoms with Gasteiger partial charge in [-0.05, 0) is 48.7 Å². The summed E-state index contributed by atoms with van der Waals surface area (Å²) in [6.45, 7) is 8.16. The fourth-order valence-corrected chi connectivity index (χ4v) is 6.17. The average molecular weight is 510 g/mol. The molecular weight excluding hydrogens is 478 g/mol. The molecule has 1 amide bonds. The first kappa shape index (κ1) is 24.5. The molecule has 1 atom stereocenters. The molecule has 9 nitrogen and oxygen atoms in total. The zero-order chi connectivity index (χ0) is 25.7. The highest BCUT2D eigenvalue weighted by Crippen LogP contribution is 2.36. The van der Waals surface area contributed by atoms with Crippen molar-refractivity contribution in [3.05, 3.63) is 53.9 Å². The number of sulfone groups is 1. The van der Waals surface area contributed by atoms with Crippen LogP contribution in [0.2, 0.25) is 0 Å². The van der Waals surface area contributed by atoms with Crippen LogP contribution in [0.15, 0.2) is 51.8 Å². The number of nitrogens with two attached hydrogens (primary N) is 1. The highest BCUT2D eigenvalue weighted by molar-refractivity contribution is 7.91. The van der Waals surface area contributed by atoms with E-state index < -0.39 is 27.5 Å². The Labute approximate surface area is 211 Å². The molecule has 1 aromatic heterocycles. The lowest BCUT2D eigenvalue weighted by Gasteiger charge is -2.25. The van der Waals surface area contributed by atoms with Crippen molar-refractivity contribution in [2.75, 3.05) is 28.6 Å². The van der Waals surface area contributed by atoms with Gasteiger partial charge in [-0.3, -0.25) is 4.79 Å². The van der Waals surface area contributed by atoms with Gasteiger partial charge in [-0.2, -0.15) is 0 Å². The molecule has 5 rings (SSSR count). The molecule has 0 spiro atoms. The van der Waals surface area contributed by atoms with Gasteiger partial charge in [-0.25, -0.2) is 8.42 Å². The minimum Gasteiger partial charge on any atom is -0.420 e. The van der Waals surface area contributed by atoms with Crippen LogP contribution in [0.1, 0.15) is 45.1 Å². The first-order valence-electron chi connectivity index (χ1n) is 12.1. The first-order valence-corrected chi connectivity index (χ1v) is 13.8. The molecular formula is C26H31N5O4S. The van der Waals surface area contributed by atoms with Gasteiger partial charge in [0.1, 0.15) is 0 Å². The molecule has 2 aromatic carbocycles. The lowest BCUT2D eigenvalue weighted by Crippen LogP contribution is -2.45. The molecule has 36 heavy (non-hydrogen) atoms. The monoisotopic (exact) mass is 509 g/mol. The summed E-state index contributed by atoms with van der Waals surface area (Å²) in [6, 6.07) is 11.6. The Bertz CT molecular complexity index is 1390. The van der Waals surface area contributed by atoms with Crippen molar-refractivity contribution >= 4 is 27.1 Å². The molecule has 10 heteroatoms. The fourth-order valence-electron chi connectivity index (χ4n) is 4.62. The summed E-state index contributed by atoms with van der Waals surface area (Å²) in [6.07, 6.45) is 2.37. The van der Waals surface area contributed by atoms with Gasteiger partial charge < -0.3 is 20.0 Å². The summed E-state index contributed by atoms with van der Waals surface area (Å²) < 4.78 is 32.1. The largest absolute Gasteiger partial charge is 0.420 e. The zero-order valence-electron chi connectivity index (χ0n) is 20.8. The van der Waals surface area contributed by atoms with E-state index in [4.69, 9.17) is 10.2 Å². The third-order valence-corrected chi connectivity index (χ3v) is 8.44. The number of hydrogen-bond acceptors (Lipinski definition) is 8. The van der Waals surface area contributed by atoms with Gasteiger partial charge in [-0.1, -0.05) is 32.9 Å². The van der Waals surface area contributed by atoms with E-state index in [9.17, 15) is 13.2 Å². The molecule has 1 fully saturated rings. The van der Waals surface area contributed by atoms with E-state index in [0.29, 0.717) is 11.5 Å². The highest BCUT2D eigenvalue weighted by atomic mass is 32.2. The van der Waals surface area contributed by atoms with Crippen molar-refractivity contribution < 1.29 is 17.6 Å². The normalized spacial score (nSPS) is 19.9.